The number of aryl methyl sites for hydroxylation is 1. The van der Waals surface area contributed by atoms with Crippen molar-refractivity contribution in [2.24, 2.45) is 7.05 Å². The van der Waals surface area contributed by atoms with Crippen molar-refractivity contribution in [3.63, 3.8) is 0 Å². The minimum atomic E-state index is -0.451. The van der Waals surface area contributed by atoms with Gasteiger partial charge < -0.3 is 14.4 Å². The van der Waals surface area contributed by atoms with Crippen LogP contribution in [0.3, 0.4) is 0 Å². The molecule has 0 saturated heterocycles. The summed E-state index contributed by atoms with van der Waals surface area (Å²) in [5.74, 6) is 0.834. The molecule has 1 N–H and O–H groups in total. The lowest BCUT2D eigenvalue weighted by molar-refractivity contribution is 0.191. The molecule has 0 fully saturated rings. The molecule has 1 atom stereocenters. The smallest absolute Gasteiger partial charge is 0.120 e. The van der Waals surface area contributed by atoms with Crippen LogP contribution in [0, 0.1) is 0 Å². The Kier molecular flexibility index (Phi) is 2.40. The molecule has 2 rings (SSSR count). The van der Waals surface area contributed by atoms with Gasteiger partial charge in [-0.1, -0.05) is 0 Å². The van der Waals surface area contributed by atoms with E-state index in [4.69, 9.17) is 4.74 Å². The average Bonchev–Trinajstić information content (AvgIpc) is 2.56. The number of aromatic nitrogens is 1. The number of hydrogen-bond acceptors (Lipinski definition) is 2. The lowest BCUT2D eigenvalue weighted by atomic mass is 10.2. The van der Waals surface area contributed by atoms with Gasteiger partial charge in [0.1, 0.15) is 5.75 Å². The molecule has 0 bridgehead atoms. The monoisotopic (exact) mass is 205 g/mol. The van der Waals surface area contributed by atoms with E-state index in [9.17, 15) is 5.11 Å². The molecule has 0 radical (unpaired) electrons. The van der Waals surface area contributed by atoms with Gasteiger partial charge in [-0.25, -0.2) is 0 Å². The highest BCUT2D eigenvalue weighted by atomic mass is 16.5. The molecular weight excluding hydrogens is 190 g/mol. The summed E-state index contributed by atoms with van der Waals surface area (Å²) in [6.45, 7) is 1.77. The van der Waals surface area contributed by atoms with E-state index in [1.807, 2.05) is 35.9 Å². The third-order valence-corrected chi connectivity index (χ3v) is 2.72. The van der Waals surface area contributed by atoms with E-state index in [-0.39, 0.29) is 0 Å². The van der Waals surface area contributed by atoms with E-state index < -0.39 is 6.10 Å². The first kappa shape index (κ1) is 10.1. The quantitative estimate of drug-likeness (QED) is 0.815. The van der Waals surface area contributed by atoms with Gasteiger partial charge in [0.15, 0.2) is 0 Å². The number of aliphatic hydroxyl groups excluding tert-OH is 1. The van der Waals surface area contributed by atoms with Gasteiger partial charge in [-0.2, -0.15) is 0 Å². The number of fused-ring (bicyclic) bond motifs is 1. The van der Waals surface area contributed by atoms with Crippen LogP contribution < -0.4 is 4.74 Å². The molecule has 1 aromatic carbocycles. The maximum absolute atomic E-state index is 9.58. The average molecular weight is 205 g/mol. The van der Waals surface area contributed by atoms with Gasteiger partial charge in [-0.3, -0.25) is 0 Å². The molecule has 2 aromatic rings. The van der Waals surface area contributed by atoms with Crippen molar-refractivity contribution in [2.75, 3.05) is 7.11 Å². The van der Waals surface area contributed by atoms with E-state index in [2.05, 4.69) is 0 Å². The van der Waals surface area contributed by atoms with E-state index in [1.165, 1.54) is 0 Å². The van der Waals surface area contributed by atoms with Crippen molar-refractivity contribution in [1.29, 1.82) is 0 Å². The zero-order valence-electron chi connectivity index (χ0n) is 9.19. The number of methoxy groups -OCH3 is 1. The molecule has 15 heavy (non-hydrogen) atoms. The first-order chi connectivity index (χ1) is 7.13. The Morgan fingerprint density at radius 3 is 2.67 bits per heavy atom. The summed E-state index contributed by atoms with van der Waals surface area (Å²) in [5.41, 5.74) is 1.99. The van der Waals surface area contributed by atoms with Crippen LogP contribution in [-0.2, 0) is 7.05 Å². The third-order valence-electron chi connectivity index (χ3n) is 2.72. The summed E-state index contributed by atoms with van der Waals surface area (Å²) in [7, 11) is 3.60. The second-order valence-electron chi connectivity index (χ2n) is 3.73. The molecular formula is C12H15NO2. The van der Waals surface area contributed by atoms with Crippen molar-refractivity contribution in [1.82, 2.24) is 4.57 Å². The second-order valence-corrected chi connectivity index (χ2v) is 3.73. The van der Waals surface area contributed by atoms with Crippen molar-refractivity contribution >= 4 is 10.9 Å². The molecule has 0 aliphatic carbocycles. The number of rotatable bonds is 2. The van der Waals surface area contributed by atoms with Gasteiger partial charge >= 0.3 is 0 Å². The molecule has 0 aliphatic rings. The molecule has 1 aromatic heterocycles. The first-order valence-corrected chi connectivity index (χ1v) is 4.95. The summed E-state index contributed by atoms with van der Waals surface area (Å²) in [5, 5.41) is 10.7. The van der Waals surface area contributed by atoms with Crippen LogP contribution in [0.1, 0.15) is 18.7 Å². The van der Waals surface area contributed by atoms with Crippen molar-refractivity contribution < 1.29 is 9.84 Å². The molecule has 0 amide bonds. The van der Waals surface area contributed by atoms with Gasteiger partial charge in [-0.15, -0.1) is 0 Å². The Hall–Kier alpha value is -1.48. The Morgan fingerprint density at radius 2 is 2.07 bits per heavy atom. The zero-order chi connectivity index (χ0) is 11.0. The molecule has 3 nitrogen and oxygen atoms in total. The molecule has 0 saturated carbocycles. The lowest BCUT2D eigenvalue weighted by Crippen LogP contribution is -1.99. The maximum atomic E-state index is 9.58. The number of hydrogen-bond donors (Lipinski definition) is 1. The molecule has 80 valence electrons. The SMILES string of the molecule is COc1ccc2cc(C(C)O)n(C)c2c1. The normalized spacial score (nSPS) is 13.1. The van der Waals surface area contributed by atoms with E-state index in [1.54, 1.807) is 14.0 Å². The fourth-order valence-corrected chi connectivity index (χ4v) is 1.86. The largest absolute Gasteiger partial charge is 0.497 e. The summed E-state index contributed by atoms with van der Waals surface area (Å²) in [6, 6.07) is 7.90. The summed E-state index contributed by atoms with van der Waals surface area (Å²) < 4.78 is 7.16. The first-order valence-electron chi connectivity index (χ1n) is 4.95. The van der Waals surface area contributed by atoms with E-state index in [0.29, 0.717) is 0 Å². The standard InChI is InChI=1S/C12H15NO2/c1-8(14)11-6-9-4-5-10(15-3)7-12(9)13(11)2/h4-8,14H,1-3H3. The highest BCUT2D eigenvalue weighted by molar-refractivity contribution is 5.82. The summed E-state index contributed by atoms with van der Waals surface area (Å²) in [4.78, 5) is 0. The van der Waals surface area contributed by atoms with Crippen LogP contribution in [0.15, 0.2) is 24.3 Å². The molecule has 0 spiro atoms. The highest BCUT2D eigenvalue weighted by Crippen LogP contribution is 2.26. The Labute approximate surface area is 88.9 Å². The van der Waals surface area contributed by atoms with Gasteiger partial charge in [-0.05, 0) is 25.1 Å². The van der Waals surface area contributed by atoms with Gasteiger partial charge in [0.25, 0.3) is 0 Å². The molecule has 1 heterocycles. The topological polar surface area (TPSA) is 34.4 Å². The number of benzene rings is 1. The van der Waals surface area contributed by atoms with E-state index in [0.717, 1.165) is 22.3 Å². The second kappa shape index (κ2) is 3.59. The van der Waals surface area contributed by atoms with E-state index >= 15 is 0 Å². The third kappa shape index (κ3) is 1.59. The predicted molar refractivity (Wildman–Crippen MR) is 60.1 cm³/mol. The van der Waals surface area contributed by atoms with Gasteiger partial charge in [0, 0.05) is 24.2 Å². The summed E-state index contributed by atoms with van der Waals surface area (Å²) >= 11 is 0. The van der Waals surface area contributed by atoms with Crippen molar-refractivity contribution in [2.45, 2.75) is 13.0 Å². The maximum Gasteiger partial charge on any atom is 0.120 e. The highest BCUT2D eigenvalue weighted by Gasteiger charge is 2.10. The number of aliphatic hydroxyl groups is 1. The number of ether oxygens (including phenoxy) is 1. The number of nitrogens with zero attached hydrogens (tertiary/aromatic N) is 1. The van der Waals surface area contributed by atoms with Crippen LogP contribution in [-0.4, -0.2) is 16.8 Å². The fourth-order valence-electron chi connectivity index (χ4n) is 1.86. The van der Waals surface area contributed by atoms with Crippen LogP contribution in [0.4, 0.5) is 0 Å². The minimum absolute atomic E-state index is 0.451. The Bertz CT molecular complexity index is 486. The predicted octanol–water partition coefficient (Wildman–Crippen LogP) is 2.24. The van der Waals surface area contributed by atoms with Gasteiger partial charge in [0.2, 0.25) is 0 Å². The van der Waals surface area contributed by atoms with Gasteiger partial charge in [0.05, 0.1) is 18.7 Å². The lowest BCUT2D eigenvalue weighted by Gasteiger charge is -2.06. The molecule has 1 unspecified atom stereocenters. The van der Waals surface area contributed by atoms with Crippen LogP contribution in [0.5, 0.6) is 5.75 Å². The van der Waals surface area contributed by atoms with Crippen LogP contribution in [0.25, 0.3) is 10.9 Å². The Balaban J connectivity index is 2.66. The van der Waals surface area contributed by atoms with Crippen LogP contribution in [0.2, 0.25) is 0 Å². The van der Waals surface area contributed by atoms with Crippen LogP contribution >= 0.6 is 0 Å². The molecule has 0 aliphatic heterocycles. The van der Waals surface area contributed by atoms with Crippen molar-refractivity contribution in [3.05, 3.63) is 30.0 Å². The fraction of sp³-hybridized carbons (Fsp3) is 0.333. The minimum Gasteiger partial charge on any atom is -0.497 e. The summed E-state index contributed by atoms with van der Waals surface area (Å²) in [6.07, 6.45) is -0.451. The zero-order valence-corrected chi connectivity index (χ0v) is 9.19. The van der Waals surface area contributed by atoms with Crippen molar-refractivity contribution in [3.8, 4) is 5.75 Å². The Morgan fingerprint density at radius 1 is 1.33 bits per heavy atom. The molecule has 3 heteroatoms.